The number of piperidine rings is 1. The first kappa shape index (κ1) is 19.0. The average molecular weight is 352 g/mol. The largest absolute Gasteiger partial charge is 0.396 e. The van der Waals surface area contributed by atoms with Crippen molar-refractivity contribution >= 4 is 12.3 Å². The van der Waals surface area contributed by atoms with E-state index in [0.717, 1.165) is 6.41 Å². The van der Waals surface area contributed by atoms with Gasteiger partial charge in [0.1, 0.15) is 0 Å². The first-order valence-corrected chi connectivity index (χ1v) is 8.08. The number of rotatable bonds is 5. The smallest absolute Gasteiger partial charge is 0.394 e. The van der Waals surface area contributed by atoms with Crippen LogP contribution in [0.3, 0.4) is 0 Å². The molecule has 2 fully saturated rings. The van der Waals surface area contributed by atoms with E-state index in [-0.39, 0.29) is 12.3 Å². The highest BCUT2D eigenvalue weighted by atomic mass is 19.4. The molecule has 0 aromatic rings. The van der Waals surface area contributed by atoms with Gasteiger partial charge in [-0.05, 0) is 19.3 Å². The van der Waals surface area contributed by atoms with Gasteiger partial charge >= 0.3 is 6.18 Å². The van der Waals surface area contributed by atoms with E-state index in [0.29, 0.717) is 45.6 Å². The van der Waals surface area contributed by atoms with Gasteiger partial charge < -0.3 is 19.6 Å². The molecule has 0 aromatic carbocycles. The zero-order valence-corrected chi connectivity index (χ0v) is 13.4. The molecule has 2 amide bonds. The predicted octanol–water partition coefficient (Wildman–Crippen LogP) is 0.787. The van der Waals surface area contributed by atoms with Crippen LogP contribution in [0.5, 0.6) is 0 Å². The van der Waals surface area contributed by atoms with E-state index in [2.05, 4.69) is 0 Å². The van der Waals surface area contributed by atoms with Crippen molar-refractivity contribution in [3.05, 3.63) is 0 Å². The number of likely N-dealkylation sites (tertiary alicyclic amines) is 1. The Hall–Kier alpha value is -1.35. The molecule has 2 rings (SSSR count). The number of hydrogen-bond acceptors (Lipinski definition) is 4. The molecule has 6 nitrogen and oxygen atoms in total. The van der Waals surface area contributed by atoms with E-state index < -0.39 is 30.7 Å². The minimum atomic E-state index is -4.49. The number of ether oxygens (including phenoxy) is 1. The molecule has 0 saturated carbocycles. The third-order valence-corrected chi connectivity index (χ3v) is 4.84. The van der Waals surface area contributed by atoms with E-state index >= 15 is 0 Å². The lowest BCUT2D eigenvalue weighted by Crippen LogP contribution is -2.57. The molecule has 9 heteroatoms. The predicted molar refractivity (Wildman–Crippen MR) is 78.0 cm³/mol. The molecule has 2 heterocycles. The van der Waals surface area contributed by atoms with Gasteiger partial charge in [-0.2, -0.15) is 13.2 Å². The third kappa shape index (κ3) is 4.60. The molecule has 2 aliphatic rings. The topological polar surface area (TPSA) is 70.1 Å². The molecule has 2 aliphatic heterocycles. The van der Waals surface area contributed by atoms with E-state index in [1.54, 1.807) is 9.80 Å². The molecule has 0 radical (unpaired) electrons. The Morgan fingerprint density at radius 2 is 1.96 bits per heavy atom. The molecule has 0 bridgehead atoms. The summed E-state index contributed by atoms with van der Waals surface area (Å²) in [6.07, 6.45) is -3.23. The molecule has 0 unspecified atom stereocenters. The lowest BCUT2D eigenvalue weighted by Gasteiger charge is -2.46. The summed E-state index contributed by atoms with van der Waals surface area (Å²) in [4.78, 5) is 26.2. The van der Waals surface area contributed by atoms with Crippen molar-refractivity contribution in [2.24, 2.45) is 5.92 Å². The SMILES string of the molecule is O=CN1CCOC2(CCN(C(=O)CC[C@H](CO)C(F)(F)F)CC2)C1. The highest BCUT2D eigenvalue weighted by molar-refractivity contribution is 5.76. The minimum absolute atomic E-state index is 0.237. The summed E-state index contributed by atoms with van der Waals surface area (Å²) in [6, 6.07) is 0. The summed E-state index contributed by atoms with van der Waals surface area (Å²) >= 11 is 0. The van der Waals surface area contributed by atoms with Crippen molar-refractivity contribution in [2.45, 2.75) is 37.5 Å². The number of morpholine rings is 1. The number of halogens is 3. The lowest BCUT2D eigenvalue weighted by molar-refractivity contribution is -0.186. The Bertz CT molecular complexity index is 450. The lowest BCUT2D eigenvalue weighted by atomic mass is 9.89. The van der Waals surface area contributed by atoms with Crippen molar-refractivity contribution in [1.29, 1.82) is 0 Å². The van der Waals surface area contributed by atoms with Crippen LogP contribution in [0.2, 0.25) is 0 Å². The quantitative estimate of drug-likeness (QED) is 0.743. The molecule has 1 N–H and O–H groups in total. The van der Waals surface area contributed by atoms with Crippen LogP contribution in [-0.2, 0) is 14.3 Å². The average Bonchev–Trinajstić information content (AvgIpc) is 2.54. The molecular formula is C15H23F3N2O4. The van der Waals surface area contributed by atoms with Crippen LogP contribution in [0.25, 0.3) is 0 Å². The van der Waals surface area contributed by atoms with Gasteiger partial charge in [-0.15, -0.1) is 0 Å². The van der Waals surface area contributed by atoms with Crippen molar-refractivity contribution in [2.75, 3.05) is 39.4 Å². The zero-order valence-electron chi connectivity index (χ0n) is 13.4. The second kappa shape index (κ2) is 7.69. The Labute approximate surface area is 138 Å². The maximum absolute atomic E-state index is 12.6. The summed E-state index contributed by atoms with van der Waals surface area (Å²) in [5.41, 5.74) is -0.449. The van der Waals surface area contributed by atoms with Gasteiger partial charge in [-0.1, -0.05) is 0 Å². The van der Waals surface area contributed by atoms with Crippen molar-refractivity contribution in [3.8, 4) is 0 Å². The minimum Gasteiger partial charge on any atom is -0.396 e. The van der Waals surface area contributed by atoms with Crippen LogP contribution in [0.1, 0.15) is 25.7 Å². The van der Waals surface area contributed by atoms with Gasteiger partial charge in [0.15, 0.2) is 0 Å². The van der Waals surface area contributed by atoms with E-state index in [9.17, 15) is 22.8 Å². The Morgan fingerprint density at radius 3 is 2.50 bits per heavy atom. The molecule has 1 atom stereocenters. The maximum Gasteiger partial charge on any atom is 0.394 e. The number of carbonyl (C=O) groups is 2. The fourth-order valence-electron chi connectivity index (χ4n) is 3.24. The van der Waals surface area contributed by atoms with Crippen LogP contribution in [-0.4, -0.2) is 78.4 Å². The van der Waals surface area contributed by atoms with Gasteiger partial charge in [0.05, 0.1) is 24.7 Å². The Balaban J connectivity index is 1.81. The number of aliphatic hydroxyl groups excluding tert-OH is 1. The Morgan fingerprint density at radius 1 is 1.29 bits per heavy atom. The molecule has 0 aromatic heterocycles. The summed E-state index contributed by atoms with van der Waals surface area (Å²) in [6.45, 7) is 1.29. The van der Waals surface area contributed by atoms with Crippen LogP contribution >= 0.6 is 0 Å². The number of aliphatic hydroxyl groups is 1. The summed E-state index contributed by atoms with van der Waals surface area (Å²) < 4.78 is 43.6. The fraction of sp³-hybridized carbons (Fsp3) is 0.867. The van der Waals surface area contributed by atoms with Crippen LogP contribution in [0, 0.1) is 5.92 Å². The number of amides is 2. The van der Waals surface area contributed by atoms with Gasteiger partial charge in [-0.25, -0.2) is 0 Å². The first-order valence-electron chi connectivity index (χ1n) is 8.08. The maximum atomic E-state index is 12.6. The molecule has 2 saturated heterocycles. The standard InChI is InChI=1S/C15H23F3N2O4/c16-15(17,18)12(9-21)1-2-13(23)20-5-3-14(4-6-20)10-19(11-22)7-8-24-14/h11-12,21H,1-10H2/t12-/m1/s1. The van der Waals surface area contributed by atoms with E-state index in [1.807, 2.05) is 0 Å². The fourth-order valence-corrected chi connectivity index (χ4v) is 3.24. The normalized spacial score (nSPS) is 22.5. The van der Waals surface area contributed by atoms with Gasteiger partial charge in [-0.3, -0.25) is 9.59 Å². The molecular weight excluding hydrogens is 329 g/mol. The molecule has 138 valence electrons. The molecule has 1 spiro atoms. The first-order chi connectivity index (χ1) is 11.3. The number of hydrogen-bond donors (Lipinski definition) is 1. The van der Waals surface area contributed by atoms with Crippen molar-refractivity contribution in [1.82, 2.24) is 9.80 Å². The summed E-state index contributed by atoms with van der Waals surface area (Å²) in [5, 5.41) is 8.80. The summed E-state index contributed by atoms with van der Waals surface area (Å²) in [7, 11) is 0. The second-order valence-electron chi connectivity index (χ2n) is 6.45. The molecule has 24 heavy (non-hydrogen) atoms. The van der Waals surface area contributed by atoms with Crippen molar-refractivity contribution < 1.29 is 32.6 Å². The zero-order chi connectivity index (χ0) is 17.8. The monoisotopic (exact) mass is 352 g/mol. The van der Waals surface area contributed by atoms with Crippen LogP contribution < -0.4 is 0 Å². The van der Waals surface area contributed by atoms with Gasteiger partial charge in [0.2, 0.25) is 12.3 Å². The Kier molecular flexibility index (Phi) is 6.08. The number of carbonyl (C=O) groups excluding carboxylic acids is 2. The third-order valence-electron chi connectivity index (χ3n) is 4.84. The van der Waals surface area contributed by atoms with Gasteiger partial charge in [0.25, 0.3) is 0 Å². The molecule has 0 aliphatic carbocycles. The highest BCUT2D eigenvalue weighted by Gasteiger charge is 2.42. The van der Waals surface area contributed by atoms with Crippen LogP contribution in [0.4, 0.5) is 13.2 Å². The second-order valence-corrected chi connectivity index (χ2v) is 6.45. The summed E-state index contributed by atoms with van der Waals surface area (Å²) in [5.74, 6) is -2.20. The van der Waals surface area contributed by atoms with Crippen molar-refractivity contribution in [3.63, 3.8) is 0 Å². The number of alkyl halides is 3. The van der Waals surface area contributed by atoms with Crippen LogP contribution in [0.15, 0.2) is 0 Å². The number of nitrogens with zero attached hydrogens (tertiary/aromatic N) is 2. The van der Waals surface area contributed by atoms with E-state index in [1.165, 1.54) is 0 Å². The van der Waals surface area contributed by atoms with E-state index in [4.69, 9.17) is 9.84 Å². The van der Waals surface area contributed by atoms with Gasteiger partial charge in [0, 0.05) is 32.6 Å². The highest BCUT2D eigenvalue weighted by Crippen LogP contribution is 2.32.